The summed E-state index contributed by atoms with van der Waals surface area (Å²) in [5.74, 6) is 2.28. The number of rotatable bonds is 5. The fraction of sp³-hybridized carbons (Fsp3) is 0.176. The molecule has 0 N–H and O–H groups in total. The lowest BCUT2D eigenvalue weighted by Gasteiger charge is -2.10. The van der Waals surface area contributed by atoms with E-state index in [0.717, 1.165) is 28.4 Å². The van der Waals surface area contributed by atoms with E-state index in [2.05, 4.69) is 0 Å². The molecule has 0 aliphatic carbocycles. The van der Waals surface area contributed by atoms with E-state index in [0.29, 0.717) is 0 Å². The van der Waals surface area contributed by atoms with Gasteiger partial charge in [0.15, 0.2) is 11.5 Å². The highest BCUT2D eigenvalue weighted by atomic mass is 16.5. The summed E-state index contributed by atoms with van der Waals surface area (Å²) in [7, 11) is 4.93. The van der Waals surface area contributed by atoms with Crippen molar-refractivity contribution in [2.24, 2.45) is 0 Å². The lowest BCUT2D eigenvalue weighted by Crippen LogP contribution is -1.92. The molecule has 0 bridgehead atoms. The van der Waals surface area contributed by atoms with E-state index in [-0.39, 0.29) is 0 Å². The number of para-hydroxylation sites is 2. The Morgan fingerprint density at radius 1 is 0.650 bits per heavy atom. The first-order chi connectivity index (χ1) is 9.80. The second-order valence-electron chi connectivity index (χ2n) is 4.16. The van der Waals surface area contributed by atoms with Crippen LogP contribution in [0.3, 0.4) is 0 Å². The summed E-state index contributed by atoms with van der Waals surface area (Å²) < 4.78 is 16.0. The lowest BCUT2D eigenvalue weighted by atomic mass is 10.1. The Kier molecular flexibility index (Phi) is 4.66. The third-order valence-corrected chi connectivity index (χ3v) is 3.01. The zero-order valence-corrected chi connectivity index (χ0v) is 11.9. The van der Waals surface area contributed by atoms with Gasteiger partial charge in [-0.3, -0.25) is 0 Å². The summed E-state index contributed by atoms with van der Waals surface area (Å²) in [5, 5.41) is 0. The maximum absolute atomic E-state index is 5.40. The topological polar surface area (TPSA) is 27.7 Å². The third-order valence-electron chi connectivity index (χ3n) is 3.01. The number of methoxy groups -OCH3 is 3. The van der Waals surface area contributed by atoms with Gasteiger partial charge in [-0.25, -0.2) is 0 Å². The first-order valence-corrected chi connectivity index (χ1v) is 6.32. The van der Waals surface area contributed by atoms with E-state index >= 15 is 0 Å². The van der Waals surface area contributed by atoms with Crippen molar-refractivity contribution < 1.29 is 14.2 Å². The smallest absolute Gasteiger partial charge is 0.167 e. The van der Waals surface area contributed by atoms with E-state index in [1.165, 1.54) is 0 Å². The molecule has 0 aromatic heterocycles. The molecule has 0 amide bonds. The third kappa shape index (κ3) is 2.94. The van der Waals surface area contributed by atoms with Crippen molar-refractivity contribution in [2.75, 3.05) is 21.3 Å². The molecule has 2 aromatic carbocycles. The predicted molar refractivity (Wildman–Crippen MR) is 81.5 cm³/mol. The molecule has 3 heteroatoms. The van der Waals surface area contributed by atoms with Crippen molar-refractivity contribution in [2.45, 2.75) is 0 Å². The van der Waals surface area contributed by atoms with Gasteiger partial charge in [-0.2, -0.15) is 0 Å². The predicted octanol–water partition coefficient (Wildman–Crippen LogP) is 3.88. The molecular formula is C17H18O3. The summed E-state index contributed by atoms with van der Waals surface area (Å²) in [4.78, 5) is 0. The van der Waals surface area contributed by atoms with Gasteiger partial charge in [0, 0.05) is 11.1 Å². The summed E-state index contributed by atoms with van der Waals surface area (Å²) in [5.41, 5.74) is 1.97. The van der Waals surface area contributed by atoms with Crippen LogP contribution in [0.25, 0.3) is 12.2 Å². The molecule has 0 aliphatic heterocycles. The highest BCUT2D eigenvalue weighted by Gasteiger charge is 2.06. The Bertz CT molecular complexity index is 603. The molecule has 104 valence electrons. The van der Waals surface area contributed by atoms with Gasteiger partial charge in [-0.05, 0) is 12.1 Å². The molecule has 2 rings (SSSR count). The normalized spacial score (nSPS) is 10.6. The largest absolute Gasteiger partial charge is 0.496 e. The van der Waals surface area contributed by atoms with Gasteiger partial charge >= 0.3 is 0 Å². The van der Waals surface area contributed by atoms with Crippen LogP contribution in [-0.2, 0) is 0 Å². The van der Waals surface area contributed by atoms with Gasteiger partial charge in [-0.15, -0.1) is 0 Å². The minimum atomic E-state index is 0.717. The summed E-state index contributed by atoms with van der Waals surface area (Å²) in [6.45, 7) is 0. The minimum Gasteiger partial charge on any atom is -0.496 e. The van der Waals surface area contributed by atoms with Crippen molar-refractivity contribution >= 4 is 12.2 Å². The molecule has 3 nitrogen and oxygen atoms in total. The average molecular weight is 270 g/mol. The summed E-state index contributed by atoms with van der Waals surface area (Å²) >= 11 is 0. The van der Waals surface area contributed by atoms with Gasteiger partial charge in [0.1, 0.15) is 5.75 Å². The average Bonchev–Trinajstić information content (AvgIpc) is 2.52. The maximum Gasteiger partial charge on any atom is 0.167 e. The second-order valence-corrected chi connectivity index (χ2v) is 4.16. The molecule has 0 radical (unpaired) electrons. The number of benzene rings is 2. The standard InChI is InChI=1S/C17H18O3/c1-18-15-9-5-4-7-13(15)11-12-14-8-6-10-16(19-2)17(14)20-3/h4-12H,1-3H3. The summed E-state index contributed by atoms with van der Waals surface area (Å²) in [6, 6.07) is 13.6. The minimum absolute atomic E-state index is 0.717. The Morgan fingerprint density at radius 2 is 1.25 bits per heavy atom. The Labute approximate surface area is 119 Å². The van der Waals surface area contributed by atoms with Crippen LogP contribution in [0.5, 0.6) is 17.2 Å². The number of ether oxygens (including phenoxy) is 3. The molecule has 0 saturated heterocycles. The quantitative estimate of drug-likeness (QED) is 0.772. The molecule has 2 aromatic rings. The van der Waals surface area contributed by atoms with Crippen LogP contribution in [0.1, 0.15) is 11.1 Å². The maximum atomic E-state index is 5.40. The van der Waals surface area contributed by atoms with Gasteiger partial charge in [0.25, 0.3) is 0 Å². The van der Waals surface area contributed by atoms with Crippen LogP contribution >= 0.6 is 0 Å². The molecule has 0 saturated carbocycles. The second kappa shape index (κ2) is 6.66. The fourth-order valence-corrected chi connectivity index (χ4v) is 2.03. The summed E-state index contributed by atoms with van der Waals surface area (Å²) in [6.07, 6.45) is 3.98. The highest BCUT2D eigenvalue weighted by Crippen LogP contribution is 2.32. The van der Waals surface area contributed by atoms with Gasteiger partial charge in [0.05, 0.1) is 21.3 Å². The Morgan fingerprint density at radius 3 is 1.95 bits per heavy atom. The van der Waals surface area contributed by atoms with E-state index in [9.17, 15) is 0 Å². The molecule has 0 aliphatic rings. The fourth-order valence-electron chi connectivity index (χ4n) is 2.03. The van der Waals surface area contributed by atoms with Gasteiger partial charge < -0.3 is 14.2 Å². The van der Waals surface area contributed by atoms with Crippen LogP contribution in [0, 0.1) is 0 Å². The molecule has 0 fully saturated rings. The van der Waals surface area contributed by atoms with Crippen molar-refractivity contribution in [1.82, 2.24) is 0 Å². The van der Waals surface area contributed by atoms with Crippen molar-refractivity contribution in [3.05, 3.63) is 53.6 Å². The zero-order chi connectivity index (χ0) is 14.4. The van der Waals surface area contributed by atoms with E-state index in [1.54, 1.807) is 21.3 Å². The molecule has 0 unspecified atom stereocenters. The van der Waals surface area contributed by atoms with E-state index < -0.39 is 0 Å². The zero-order valence-electron chi connectivity index (χ0n) is 11.9. The van der Waals surface area contributed by atoms with Crippen LogP contribution in [0.15, 0.2) is 42.5 Å². The van der Waals surface area contributed by atoms with E-state index in [4.69, 9.17) is 14.2 Å². The Balaban J connectivity index is 2.36. The van der Waals surface area contributed by atoms with Crippen LogP contribution < -0.4 is 14.2 Å². The van der Waals surface area contributed by atoms with E-state index in [1.807, 2.05) is 54.6 Å². The van der Waals surface area contributed by atoms with Crippen molar-refractivity contribution in [1.29, 1.82) is 0 Å². The molecule has 20 heavy (non-hydrogen) atoms. The van der Waals surface area contributed by atoms with Crippen LogP contribution in [0.4, 0.5) is 0 Å². The monoisotopic (exact) mass is 270 g/mol. The van der Waals surface area contributed by atoms with Crippen molar-refractivity contribution in [3.8, 4) is 17.2 Å². The Hall–Kier alpha value is -2.42. The number of hydrogen-bond acceptors (Lipinski definition) is 3. The highest BCUT2D eigenvalue weighted by molar-refractivity contribution is 5.76. The van der Waals surface area contributed by atoms with Crippen LogP contribution in [-0.4, -0.2) is 21.3 Å². The molecular weight excluding hydrogens is 252 g/mol. The van der Waals surface area contributed by atoms with Gasteiger partial charge in [0.2, 0.25) is 0 Å². The van der Waals surface area contributed by atoms with Gasteiger partial charge in [-0.1, -0.05) is 42.5 Å². The molecule has 0 spiro atoms. The molecule has 0 atom stereocenters. The first kappa shape index (κ1) is 14.0. The lowest BCUT2D eigenvalue weighted by molar-refractivity contribution is 0.354. The first-order valence-electron chi connectivity index (χ1n) is 6.32. The number of hydrogen-bond donors (Lipinski definition) is 0. The van der Waals surface area contributed by atoms with Crippen molar-refractivity contribution in [3.63, 3.8) is 0 Å². The SMILES string of the molecule is COc1ccccc1C=Cc1cccc(OC)c1OC. The van der Waals surface area contributed by atoms with Crippen LogP contribution in [0.2, 0.25) is 0 Å². The molecule has 0 heterocycles.